The first-order valence-electron chi connectivity index (χ1n) is 9.82. The summed E-state index contributed by atoms with van der Waals surface area (Å²) >= 11 is 1.27. The molecule has 0 atom stereocenters. The molecule has 3 rings (SSSR count). The van der Waals surface area contributed by atoms with Crippen LogP contribution in [0.2, 0.25) is 0 Å². The van der Waals surface area contributed by atoms with Crippen LogP contribution in [-0.2, 0) is 10.0 Å². The lowest BCUT2D eigenvalue weighted by Gasteiger charge is -2.18. The molecule has 2 aromatic carbocycles. The fourth-order valence-electron chi connectivity index (χ4n) is 3.15. The third-order valence-corrected chi connectivity index (χ3v) is 7.80. The molecule has 0 radical (unpaired) electrons. The van der Waals surface area contributed by atoms with Crippen molar-refractivity contribution in [1.29, 1.82) is 0 Å². The van der Waals surface area contributed by atoms with E-state index in [1.165, 1.54) is 21.7 Å². The standard InChI is InChI=1S/C22H24FN3O3S2/c1-5-26(6-2)31(28,29)17-11-12-19(23)18(13-17)21(27)25-22-24-20(15(4)30-22)16-9-7-14(3)8-10-16/h7-13H,5-6H2,1-4H3,(H,24,25,27). The molecule has 164 valence electrons. The molecule has 9 heteroatoms. The van der Waals surface area contributed by atoms with Crippen molar-refractivity contribution in [3.05, 3.63) is 64.3 Å². The zero-order valence-electron chi connectivity index (χ0n) is 17.8. The number of aromatic nitrogens is 1. The van der Waals surface area contributed by atoms with Gasteiger partial charge in [0.1, 0.15) is 5.82 Å². The number of anilines is 1. The van der Waals surface area contributed by atoms with E-state index in [0.29, 0.717) is 5.13 Å². The first-order chi connectivity index (χ1) is 14.7. The summed E-state index contributed by atoms with van der Waals surface area (Å²) < 4.78 is 41.1. The maximum absolute atomic E-state index is 14.4. The molecule has 0 spiro atoms. The van der Waals surface area contributed by atoms with Crippen LogP contribution in [0, 0.1) is 19.7 Å². The zero-order valence-corrected chi connectivity index (χ0v) is 19.4. The van der Waals surface area contributed by atoms with Crippen LogP contribution in [0.25, 0.3) is 11.3 Å². The highest BCUT2D eigenvalue weighted by atomic mass is 32.2. The second-order valence-electron chi connectivity index (χ2n) is 6.97. The monoisotopic (exact) mass is 461 g/mol. The van der Waals surface area contributed by atoms with E-state index in [2.05, 4.69) is 10.3 Å². The zero-order chi connectivity index (χ0) is 22.8. The number of aryl methyl sites for hydroxylation is 2. The average Bonchev–Trinajstić information content (AvgIpc) is 3.09. The number of benzene rings is 2. The molecule has 0 saturated heterocycles. The number of carbonyl (C=O) groups is 1. The van der Waals surface area contributed by atoms with E-state index >= 15 is 0 Å². The minimum absolute atomic E-state index is 0.126. The van der Waals surface area contributed by atoms with Crippen LogP contribution < -0.4 is 5.32 Å². The summed E-state index contributed by atoms with van der Waals surface area (Å²) in [7, 11) is -3.82. The van der Waals surface area contributed by atoms with Gasteiger partial charge >= 0.3 is 0 Å². The Morgan fingerprint density at radius 2 is 1.74 bits per heavy atom. The molecule has 3 aromatic rings. The Kier molecular flexibility index (Phi) is 6.88. The third kappa shape index (κ3) is 4.84. The molecule has 0 bridgehead atoms. The minimum atomic E-state index is -3.82. The Morgan fingerprint density at radius 1 is 1.10 bits per heavy atom. The van der Waals surface area contributed by atoms with Crippen molar-refractivity contribution in [3.63, 3.8) is 0 Å². The summed E-state index contributed by atoms with van der Waals surface area (Å²) in [5.74, 6) is -1.55. The fraction of sp³-hybridized carbons (Fsp3) is 0.273. The van der Waals surface area contributed by atoms with Crippen LogP contribution in [0.15, 0.2) is 47.4 Å². The minimum Gasteiger partial charge on any atom is -0.298 e. The smallest absolute Gasteiger partial charge is 0.260 e. The molecule has 0 aliphatic rings. The Bertz CT molecular complexity index is 1200. The average molecular weight is 462 g/mol. The van der Waals surface area contributed by atoms with Crippen molar-refractivity contribution in [2.24, 2.45) is 0 Å². The Morgan fingerprint density at radius 3 is 2.35 bits per heavy atom. The van der Waals surface area contributed by atoms with Gasteiger partial charge in [-0.25, -0.2) is 17.8 Å². The fourth-order valence-corrected chi connectivity index (χ4v) is 5.46. The van der Waals surface area contributed by atoms with Gasteiger partial charge in [0.2, 0.25) is 10.0 Å². The van der Waals surface area contributed by atoms with E-state index in [9.17, 15) is 17.6 Å². The van der Waals surface area contributed by atoms with Crippen molar-refractivity contribution in [1.82, 2.24) is 9.29 Å². The molecular weight excluding hydrogens is 437 g/mol. The second-order valence-corrected chi connectivity index (χ2v) is 10.1. The molecule has 1 heterocycles. The lowest BCUT2D eigenvalue weighted by Crippen LogP contribution is -2.31. The van der Waals surface area contributed by atoms with E-state index in [1.807, 2.05) is 38.1 Å². The van der Waals surface area contributed by atoms with E-state index in [-0.39, 0.29) is 23.5 Å². The summed E-state index contributed by atoms with van der Waals surface area (Å²) in [5.41, 5.74) is 2.43. The topological polar surface area (TPSA) is 79.4 Å². The van der Waals surface area contributed by atoms with Crippen molar-refractivity contribution in [2.45, 2.75) is 32.6 Å². The van der Waals surface area contributed by atoms with Crippen molar-refractivity contribution >= 4 is 32.4 Å². The van der Waals surface area contributed by atoms with Gasteiger partial charge < -0.3 is 0 Å². The van der Waals surface area contributed by atoms with E-state index < -0.39 is 21.7 Å². The van der Waals surface area contributed by atoms with Crippen LogP contribution in [0.4, 0.5) is 9.52 Å². The highest BCUT2D eigenvalue weighted by Crippen LogP contribution is 2.31. The van der Waals surface area contributed by atoms with Gasteiger partial charge in [0.15, 0.2) is 5.13 Å². The lowest BCUT2D eigenvalue weighted by atomic mass is 10.1. The number of nitrogens with zero attached hydrogens (tertiary/aromatic N) is 2. The molecule has 31 heavy (non-hydrogen) atoms. The number of halogens is 1. The van der Waals surface area contributed by atoms with Gasteiger partial charge in [-0.15, -0.1) is 11.3 Å². The highest BCUT2D eigenvalue weighted by Gasteiger charge is 2.24. The maximum Gasteiger partial charge on any atom is 0.260 e. The molecule has 0 fully saturated rings. The Balaban J connectivity index is 1.89. The number of sulfonamides is 1. The van der Waals surface area contributed by atoms with Crippen LogP contribution in [0.3, 0.4) is 0 Å². The number of amides is 1. The quantitative estimate of drug-likeness (QED) is 0.546. The van der Waals surface area contributed by atoms with Gasteiger partial charge in [-0.05, 0) is 32.0 Å². The number of carbonyl (C=O) groups excluding carboxylic acids is 1. The van der Waals surface area contributed by atoms with Crippen LogP contribution in [0.5, 0.6) is 0 Å². The molecule has 0 aliphatic heterocycles. The largest absolute Gasteiger partial charge is 0.298 e. The van der Waals surface area contributed by atoms with Crippen LogP contribution in [-0.4, -0.2) is 36.7 Å². The molecule has 0 aliphatic carbocycles. The highest BCUT2D eigenvalue weighted by molar-refractivity contribution is 7.89. The van der Waals surface area contributed by atoms with Crippen molar-refractivity contribution < 1.29 is 17.6 Å². The first kappa shape index (κ1) is 23.1. The molecule has 0 saturated carbocycles. The SMILES string of the molecule is CCN(CC)S(=O)(=O)c1ccc(F)c(C(=O)Nc2nc(-c3ccc(C)cc3)c(C)s2)c1. The number of rotatable bonds is 7. The van der Waals surface area contributed by atoms with E-state index in [4.69, 9.17) is 0 Å². The van der Waals surface area contributed by atoms with Crippen LogP contribution >= 0.6 is 11.3 Å². The summed E-state index contributed by atoms with van der Waals surface area (Å²) in [5, 5.41) is 2.91. The van der Waals surface area contributed by atoms with Gasteiger partial charge in [-0.1, -0.05) is 43.7 Å². The summed E-state index contributed by atoms with van der Waals surface area (Å²) in [6, 6.07) is 11.1. The molecule has 6 nitrogen and oxygen atoms in total. The van der Waals surface area contributed by atoms with Gasteiger partial charge in [0.05, 0.1) is 16.2 Å². The van der Waals surface area contributed by atoms with Gasteiger partial charge in [0.25, 0.3) is 5.91 Å². The Labute approximate surface area is 185 Å². The lowest BCUT2D eigenvalue weighted by molar-refractivity contribution is 0.102. The maximum atomic E-state index is 14.4. The van der Waals surface area contributed by atoms with Gasteiger partial charge in [-0.2, -0.15) is 4.31 Å². The molecule has 1 amide bonds. The number of hydrogen-bond acceptors (Lipinski definition) is 5. The molecule has 1 N–H and O–H groups in total. The predicted octanol–water partition coefficient (Wildman–Crippen LogP) is 4.85. The normalized spacial score (nSPS) is 11.7. The van der Waals surface area contributed by atoms with E-state index in [1.54, 1.807) is 13.8 Å². The molecule has 1 aromatic heterocycles. The second kappa shape index (κ2) is 9.25. The molecule has 0 unspecified atom stereocenters. The number of thiazole rings is 1. The van der Waals surface area contributed by atoms with Gasteiger partial charge in [0, 0.05) is 23.5 Å². The van der Waals surface area contributed by atoms with Gasteiger partial charge in [-0.3, -0.25) is 10.1 Å². The van der Waals surface area contributed by atoms with E-state index in [0.717, 1.165) is 33.8 Å². The molecular formula is C22H24FN3O3S2. The number of hydrogen-bond donors (Lipinski definition) is 1. The Hall–Kier alpha value is -2.62. The van der Waals surface area contributed by atoms with Crippen molar-refractivity contribution in [2.75, 3.05) is 18.4 Å². The summed E-state index contributed by atoms with van der Waals surface area (Å²) in [6.45, 7) is 7.87. The first-order valence-corrected chi connectivity index (χ1v) is 12.1. The van der Waals surface area contributed by atoms with Crippen LogP contribution in [0.1, 0.15) is 34.6 Å². The predicted molar refractivity (Wildman–Crippen MR) is 121 cm³/mol. The summed E-state index contributed by atoms with van der Waals surface area (Å²) in [4.78, 5) is 18.0. The van der Waals surface area contributed by atoms with Crippen molar-refractivity contribution in [3.8, 4) is 11.3 Å². The number of nitrogens with one attached hydrogen (secondary N) is 1. The third-order valence-electron chi connectivity index (χ3n) is 4.87. The summed E-state index contributed by atoms with van der Waals surface area (Å²) in [6.07, 6.45) is 0.